The molecule has 0 amide bonds. The number of methoxy groups -OCH3 is 2. The molecule has 0 N–H and O–H groups in total. The number of para-hydroxylation sites is 1. The number of carbonyl (C=O) groups excluding carboxylic acids is 1. The zero-order valence-corrected chi connectivity index (χ0v) is 9.76. The van der Waals surface area contributed by atoms with Crippen LogP contribution in [0, 0.1) is 0 Å². The molecular formula is C12H14O5. The van der Waals surface area contributed by atoms with Crippen LogP contribution in [-0.4, -0.2) is 39.5 Å². The van der Waals surface area contributed by atoms with Crippen LogP contribution in [0.4, 0.5) is 0 Å². The second kappa shape index (κ2) is 5.05. The summed E-state index contributed by atoms with van der Waals surface area (Å²) in [5.74, 6) is 0.456. The molecule has 5 nitrogen and oxygen atoms in total. The average molecular weight is 238 g/mol. The Labute approximate surface area is 99.2 Å². The zero-order chi connectivity index (χ0) is 12.3. The van der Waals surface area contributed by atoms with E-state index in [-0.39, 0.29) is 12.7 Å². The third kappa shape index (κ3) is 2.68. The quantitative estimate of drug-likeness (QED) is 0.571. The Bertz CT molecular complexity index is 411. The van der Waals surface area contributed by atoms with Gasteiger partial charge < -0.3 is 18.9 Å². The third-order valence-corrected chi connectivity index (χ3v) is 2.43. The fourth-order valence-corrected chi connectivity index (χ4v) is 1.46. The number of hydrogen-bond acceptors (Lipinski definition) is 5. The molecule has 0 unspecified atom stereocenters. The van der Waals surface area contributed by atoms with Crippen molar-refractivity contribution in [3.05, 3.63) is 23.8 Å². The first-order valence-electron chi connectivity index (χ1n) is 5.26. The molecular weight excluding hydrogens is 224 g/mol. The van der Waals surface area contributed by atoms with Gasteiger partial charge in [0.15, 0.2) is 11.5 Å². The summed E-state index contributed by atoms with van der Waals surface area (Å²) in [6.07, 6.45) is 0.0514. The monoisotopic (exact) mass is 238 g/mol. The molecule has 0 aliphatic carbocycles. The van der Waals surface area contributed by atoms with Crippen molar-refractivity contribution in [2.24, 2.45) is 0 Å². The van der Waals surface area contributed by atoms with Crippen LogP contribution in [0.3, 0.4) is 0 Å². The molecule has 5 heteroatoms. The lowest BCUT2D eigenvalue weighted by Crippen LogP contribution is -2.11. The number of esters is 1. The van der Waals surface area contributed by atoms with Gasteiger partial charge in [-0.1, -0.05) is 6.07 Å². The van der Waals surface area contributed by atoms with Gasteiger partial charge in [-0.3, -0.25) is 0 Å². The smallest absolute Gasteiger partial charge is 0.342 e. The molecule has 0 spiro atoms. The number of carbonyl (C=O) groups is 1. The molecule has 1 aliphatic heterocycles. The SMILES string of the molecule is COc1cccc(C(=O)OC[C@H]2CO2)c1OC. The van der Waals surface area contributed by atoms with Gasteiger partial charge in [0.2, 0.25) is 0 Å². The van der Waals surface area contributed by atoms with Gasteiger partial charge in [-0.25, -0.2) is 4.79 Å². The summed E-state index contributed by atoms with van der Waals surface area (Å²) in [5.41, 5.74) is 0.354. The van der Waals surface area contributed by atoms with Crippen LogP contribution in [0.1, 0.15) is 10.4 Å². The van der Waals surface area contributed by atoms with Gasteiger partial charge in [0, 0.05) is 0 Å². The summed E-state index contributed by atoms with van der Waals surface area (Å²) in [5, 5.41) is 0. The molecule has 0 aromatic heterocycles. The van der Waals surface area contributed by atoms with E-state index in [1.807, 2.05) is 0 Å². The second-order valence-electron chi connectivity index (χ2n) is 3.59. The first-order chi connectivity index (χ1) is 8.26. The van der Waals surface area contributed by atoms with E-state index in [0.717, 1.165) is 0 Å². The van der Waals surface area contributed by atoms with E-state index in [1.165, 1.54) is 14.2 Å². The highest BCUT2D eigenvalue weighted by atomic mass is 16.6. The maximum absolute atomic E-state index is 11.8. The minimum absolute atomic E-state index is 0.0514. The lowest BCUT2D eigenvalue weighted by Gasteiger charge is -2.11. The van der Waals surface area contributed by atoms with Crippen molar-refractivity contribution < 1.29 is 23.7 Å². The van der Waals surface area contributed by atoms with Gasteiger partial charge in [-0.15, -0.1) is 0 Å². The van der Waals surface area contributed by atoms with Gasteiger partial charge in [0.1, 0.15) is 18.3 Å². The summed E-state index contributed by atoms with van der Waals surface area (Å²) >= 11 is 0. The average Bonchev–Trinajstić information content (AvgIpc) is 3.18. The highest BCUT2D eigenvalue weighted by Crippen LogP contribution is 2.31. The Morgan fingerprint density at radius 1 is 1.41 bits per heavy atom. The predicted octanol–water partition coefficient (Wildman–Crippen LogP) is 1.26. The van der Waals surface area contributed by atoms with Crippen molar-refractivity contribution in [1.29, 1.82) is 0 Å². The van der Waals surface area contributed by atoms with Crippen molar-refractivity contribution >= 4 is 5.97 Å². The van der Waals surface area contributed by atoms with Crippen molar-refractivity contribution in [2.45, 2.75) is 6.10 Å². The molecule has 0 radical (unpaired) electrons. The number of ether oxygens (including phenoxy) is 4. The summed E-state index contributed by atoms with van der Waals surface area (Å²) in [7, 11) is 3.00. The van der Waals surface area contributed by atoms with E-state index >= 15 is 0 Å². The molecule has 1 aromatic carbocycles. The zero-order valence-electron chi connectivity index (χ0n) is 9.76. The van der Waals surface area contributed by atoms with Gasteiger partial charge in [0.05, 0.1) is 20.8 Å². The van der Waals surface area contributed by atoms with Crippen LogP contribution in [0.25, 0.3) is 0 Å². The number of rotatable bonds is 5. The molecule has 1 fully saturated rings. The molecule has 1 atom stereocenters. The molecule has 0 bridgehead atoms. The summed E-state index contributed by atoms with van der Waals surface area (Å²) in [4.78, 5) is 11.8. The van der Waals surface area contributed by atoms with Crippen LogP contribution in [0.15, 0.2) is 18.2 Å². The van der Waals surface area contributed by atoms with Crippen LogP contribution in [0.5, 0.6) is 11.5 Å². The summed E-state index contributed by atoms with van der Waals surface area (Å²) < 4.78 is 20.3. The topological polar surface area (TPSA) is 57.3 Å². The van der Waals surface area contributed by atoms with Gasteiger partial charge in [-0.05, 0) is 12.1 Å². The maximum atomic E-state index is 11.8. The molecule has 17 heavy (non-hydrogen) atoms. The molecule has 1 saturated heterocycles. The van der Waals surface area contributed by atoms with Gasteiger partial charge in [0.25, 0.3) is 0 Å². The maximum Gasteiger partial charge on any atom is 0.342 e. The fraction of sp³-hybridized carbons (Fsp3) is 0.417. The van der Waals surface area contributed by atoms with Gasteiger partial charge in [-0.2, -0.15) is 0 Å². The molecule has 1 aromatic rings. The number of hydrogen-bond donors (Lipinski definition) is 0. The number of benzene rings is 1. The van der Waals surface area contributed by atoms with E-state index in [4.69, 9.17) is 18.9 Å². The normalized spacial score (nSPS) is 17.4. The lowest BCUT2D eigenvalue weighted by atomic mass is 10.2. The van der Waals surface area contributed by atoms with Crippen molar-refractivity contribution in [1.82, 2.24) is 0 Å². The minimum Gasteiger partial charge on any atom is -0.493 e. The Hall–Kier alpha value is -1.75. The number of epoxide rings is 1. The van der Waals surface area contributed by atoms with E-state index < -0.39 is 5.97 Å². The standard InChI is InChI=1S/C12H14O5/c1-14-10-5-3-4-9(11(10)15-2)12(13)17-7-8-6-16-8/h3-5,8H,6-7H2,1-2H3/t8-/m1/s1. The van der Waals surface area contributed by atoms with Crippen molar-refractivity contribution in [3.63, 3.8) is 0 Å². The van der Waals surface area contributed by atoms with Crippen LogP contribution < -0.4 is 9.47 Å². The first kappa shape index (κ1) is 11.7. The van der Waals surface area contributed by atoms with Crippen LogP contribution in [0.2, 0.25) is 0 Å². The predicted molar refractivity (Wildman–Crippen MR) is 59.6 cm³/mol. The first-order valence-corrected chi connectivity index (χ1v) is 5.26. The Kier molecular flexibility index (Phi) is 3.49. The fourth-order valence-electron chi connectivity index (χ4n) is 1.46. The minimum atomic E-state index is -0.434. The van der Waals surface area contributed by atoms with E-state index in [0.29, 0.717) is 23.7 Å². The Morgan fingerprint density at radius 2 is 2.18 bits per heavy atom. The highest BCUT2D eigenvalue weighted by Gasteiger charge is 2.25. The largest absolute Gasteiger partial charge is 0.493 e. The third-order valence-electron chi connectivity index (χ3n) is 2.43. The molecule has 2 rings (SSSR count). The van der Waals surface area contributed by atoms with Crippen molar-refractivity contribution in [2.75, 3.05) is 27.4 Å². The Morgan fingerprint density at radius 3 is 2.76 bits per heavy atom. The second-order valence-corrected chi connectivity index (χ2v) is 3.59. The summed E-state index contributed by atoms with van der Waals surface area (Å²) in [6, 6.07) is 5.07. The molecule has 92 valence electrons. The van der Waals surface area contributed by atoms with E-state index in [2.05, 4.69) is 0 Å². The lowest BCUT2D eigenvalue weighted by molar-refractivity contribution is 0.0472. The Balaban J connectivity index is 2.14. The van der Waals surface area contributed by atoms with Gasteiger partial charge >= 0.3 is 5.97 Å². The summed E-state index contributed by atoms with van der Waals surface area (Å²) in [6.45, 7) is 0.932. The highest BCUT2D eigenvalue weighted by molar-refractivity contribution is 5.93. The molecule has 1 aliphatic rings. The van der Waals surface area contributed by atoms with Crippen LogP contribution >= 0.6 is 0 Å². The van der Waals surface area contributed by atoms with Crippen molar-refractivity contribution in [3.8, 4) is 11.5 Å². The van der Waals surface area contributed by atoms with Crippen LogP contribution in [-0.2, 0) is 9.47 Å². The molecule has 0 saturated carbocycles. The molecule has 1 heterocycles. The van der Waals surface area contributed by atoms with E-state index in [1.54, 1.807) is 18.2 Å². The van der Waals surface area contributed by atoms with E-state index in [9.17, 15) is 4.79 Å².